The zero-order chi connectivity index (χ0) is 14.8. The number of amides is 1. The summed E-state index contributed by atoms with van der Waals surface area (Å²) in [4.78, 5) is 16.6. The second-order valence-corrected chi connectivity index (χ2v) is 6.01. The molecule has 1 aliphatic carbocycles. The minimum absolute atomic E-state index is 0.0127. The Morgan fingerprint density at radius 1 is 1.29 bits per heavy atom. The van der Waals surface area contributed by atoms with Crippen molar-refractivity contribution in [1.29, 1.82) is 0 Å². The van der Waals surface area contributed by atoms with E-state index in [1.165, 1.54) is 0 Å². The zero-order valence-corrected chi connectivity index (χ0v) is 12.6. The molecule has 1 aromatic heterocycles. The molecule has 2 aliphatic rings. The van der Waals surface area contributed by atoms with Gasteiger partial charge < -0.3 is 14.4 Å². The third kappa shape index (κ3) is 2.99. The molecule has 1 saturated heterocycles. The van der Waals surface area contributed by atoms with Crippen molar-refractivity contribution in [3.8, 4) is 0 Å². The molecule has 2 atom stereocenters. The lowest BCUT2D eigenvalue weighted by Gasteiger charge is -2.38. The summed E-state index contributed by atoms with van der Waals surface area (Å²) >= 11 is 0. The molecule has 116 valence electrons. The fourth-order valence-corrected chi connectivity index (χ4v) is 3.44. The lowest BCUT2D eigenvalue weighted by molar-refractivity contribution is 0.0301. The molecule has 0 bridgehead atoms. The number of carbonyl (C=O) groups is 1. The van der Waals surface area contributed by atoms with E-state index in [-0.39, 0.29) is 18.1 Å². The highest BCUT2D eigenvalue weighted by Gasteiger charge is 2.33. The summed E-state index contributed by atoms with van der Waals surface area (Å²) in [6.07, 6.45) is 3.71. The number of aliphatic hydroxyl groups excluding tert-OH is 1. The van der Waals surface area contributed by atoms with Gasteiger partial charge in [0.05, 0.1) is 6.10 Å². The molecule has 21 heavy (non-hydrogen) atoms. The van der Waals surface area contributed by atoms with Crippen LogP contribution >= 0.6 is 0 Å². The van der Waals surface area contributed by atoms with E-state index < -0.39 is 0 Å². The van der Waals surface area contributed by atoms with Gasteiger partial charge in [0.15, 0.2) is 5.76 Å². The van der Waals surface area contributed by atoms with Crippen molar-refractivity contribution in [1.82, 2.24) is 9.80 Å². The van der Waals surface area contributed by atoms with Crippen molar-refractivity contribution in [3.05, 3.63) is 23.7 Å². The first-order valence-corrected chi connectivity index (χ1v) is 7.99. The standard InChI is InChI=1S/C16H24N2O3/c1-2-12-6-7-15(21-12)16(20)18-10-8-17(9-11-18)13-4-3-5-14(13)19/h6-7,13-14,19H,2-5,8-11H2,1H3/t13-,14-/m1/s1. The Kier molecular flexibility index (Phi) is 4.31. The molecule has 1 saturated carbocycles. The number of nitrogens with zero attached hydrogens (tertiary/aromatic N) is 2. The minimum atomic E-state index is -0.190. The summed E-state index contributed by atoms with van der Waals surface area (Å²) < 4.78 is 5.55. The third-order valence-corrected chi connectivity index (χ3v) is 4.74. The number of furan rings is 1. The van der Waals surface area contributed by atoms with Crippen LogP contribution in [0.25, 0.3) is 0 Å². The Morgan fingerprint density at radius 2 is 2.05 bits per heavy atom. The third-order valence-electron chi connectivity index (χ3n) is 4.74. The Hall–Kier alpha value is -1.33. The van der Waals surface area contributed by atoms with Gasteiger partial charge in [-0.05, 0) is 31.4 Å². The number of hydrogen-bond acceptors (Lipinski definition) is 4. The fraction of sp³-hybridized carbons (Fsp3) is 0.688. The molecule has 0 spiro atoms. The van der Waals surface area contributed by atoms with Gasteiger partial charge in [-0.3, -0.25) is 9.69 Å². The van der Waals surface area contributed by atoms with Gasteiger partial charge in [-0.15, -0.1) is 0 Å². The normalized spacial score (nSPS) is 27.2. The molecule has 1 amide bonds. The molecule has 2 heterocycles. The van der Waals surface area contributed by atoms with E-state index in [1.807, 2.05) is 17.9 Å². The average Bonchev–Trinajstić information content (AvgIpc) is 3.15. The Morgan fingerprint density at radius 3 is 2.62 bits per heavy atom. The van der Waals surface area contributed by atoms with Crippen molar-refractivity contribution in [2.45, 2.75) is 44.8 Å². The van der Waals surface area contributed by atoms with Crippen LogP contribution in [0.5, 0.6) is 0 Å². The highest BCUT2D eigenvalue weighted by molar-refractivity contribution is 5.91. The number of aryl methyl sites for hydroxylation is 1. The summed E-state index contributed by atoms with van der Waals surface area (Å²) in [7, 11) is 0. The smallest absolute Gasteiger partial charge is 0.289 e. The molecule has 5 heteroatoms. The van der Waals surface area contributed by atoms with Crippen LogP contribution in [0, 0.1) is 0 Å². The van der Waals surface area contributed by atoms with E-state index >= 15 is 0 Å². The quantitative estimate of drug-likeness (QED) is 0.917. The van der Waals surface area contributed by atoms with Crippen molar-refractivity contribution in [2.75, 3.05) is 26.2 Å². The van der Waals surface area contributed by atoms with Gasteiger partial charge in [-0.2, -0.15) is 0 Å². The molecule has 0 aromatic carbocycles. The van der Waals surface area contributed by atoms with E-state index in [0.717, 1.165) is 44.5 Å². The Balaban J connectivity index is 1.56. The Labute approximate surface area is 125 Å². The van der Waals surface area contributed by atoms with E-state index in [9.17, 15) is 9.90 Å². The molecule has 2 fully saturated rings. The first kappa shape index (κ1) is 14.6. The van der Waals surface area contributed by atoms with Crippen molar-refractivity contribution < 1.29 is 14.3 Å². The summed E-state index contributed by atoms with van der Waals surface area (Å²) in [6.45, 7) is 5.12. The van der Waals surface area contributed by atoms with Gasteiger partial charge in [0, 0.05) is 38.6 Å². The van der Waals surface area contributed by atoms with Gasteiger partial charge in [0.1, 0.15) is 5.76 Å². The highest BCUT2D eigenvalue weighted by atomic mass is 16.4. The molecule has 1 aromatic rings. The second kappa shape index (κ2) is 6.20. The first-order chi connectivity index (χ1) is 10.2. The molecule has 1 N–H and O–H groups in total. The maximum Gasteiger partial charge on any atom is 0.289 e. The zero-order valence-electron chi connectivity index (χ0n) is 12.6. The first-order valence-electron chi connectivity index (χ1n) is 7.99. The van der Waals surface area contributed by atoms with Crippen molar-refractivity contribution in [3.63, 3.8) is 0 Å². The summed E-state index contributed by atoms with van der Waals surface area (Å²) in [5.41, 5.74) is 0. The van der Waals surface area contributed by atoms with Gasteiger partial charge in [0.25, 0.3) is 5.91 Å². The largest absolute Gasteiger partial charge is 0.456 e. The highest BCUT2D eigenvalue weighted by Crippen LogP contribution is 2.25. The van der Waals surface area contributed by atoms with E-state index in [0.29, 0.717) is 18.8 Å². The van der Waals surface area contributed by atoms with Gasteiger partial charge in [0.2, 0.25) is 0 Å². The molecule has 3 rings (SSSR count). The predicted octanol–water partition coefficient (Wildman–Crippen LogP) is 1.51. The number of rotatable bonds is 3. The SMILES string of the molecule is CCc1ccc(C(=O)N2CCN([C@@H]3CCC[C@H]3O)CC2)o1. The van der Waals surface area contributed by atoms with Crippen LogP contribution in [-0.4, -0.2) is 59.1 Å². The molecule has 1 aliphatic heterocycles. The van der Waals surface area contributed by atoms with Crippen LogP contribution in [0.3, 0.4) is 0 Å². The van der Waals surface area contributed by atoms with Crippen molar-refractivity contribution in [2.24, 2.45) is 0 Å². The van der Waals surface area contributed by atoms with Crippen LogP contribution in [0.15, 0.2) is 16.5 Å². The topological polar surface area (TPSA) is 56.9 Å². The van der Waals surface area contributed by atoms with Crippen LogP contribution in [0.1, 0.15) is 42.5 Å². The predicted molar refractivity (Wildman–Crippen MR) is 79.2 cm³/mol. The minimum Gasteiger partial charge on any atom is -0.456 e. The van der Waals surface area contributed by atoms with Crippen LogP contribution < -0.4 is 0 Å². The maximum atomic E-state index is 12.4. The molecular formula is C16H24N2O3. The molecule has 5 nitrogen and oxygen atoms in total. The lowest BCUT2D eigenvalue weighted by atomic mass is 10.1. The van der Waals surface area contributed by atoms with Gasteiger partial charge >= 0.3 is 0 Å². The Bertz CT molecular complexity index is 491. The molecule has 0 unspecified atom stereocenters. The monoisotopic (exact) mass is 292 g/mol. The number of piperazine rings is 1. The molecular weight excluding hydrogens is 268 g/mol. The van der Waals surface area contributed by atoms with E-state index in [4.69, 9.17) is 4.42 Å². The summed E-state index contributed by atoms with van der Waals surface area (Å²) in [6, 6.07) is 3.93. The van der Waals surface area contributed by atoms with Gasteiger partial charge in [-0.25, -0.2) is 0 Å². The fourth-order valence-electron chi connectivity index (χ4n) is 3.44. The van der Waals surface area contributed by atoms with Gasteiger partial charge in [-0.1, -0.05) is 6.92 Å². The van der Waals surface area contributed by atoms with Crippen LogP contribution in [0.4, 0.5) is 0 Å². The molecule has 0 radical (unpaired) electrons. The second-order valence-electron chi connectivity index (χ2n) is 6.01. The van der Waals surface area contributed by atoms with Crippen LogP contribution in [-0.2, 0) is 6.42 Å². The lowest BCUT2D eigenvalue weighted by Crippen LogP contribution is -2.53. The summed E-state index contributed by atoms with van der Waals surface area (Å²) in [5, 5.41) is 9.99. The van der Waals surface area contributed by atoms with E-state index in [2.05, 4.69) is 4.90 Å². The number of aliphatic hydroxyl groups is 1. The number of hydrogen-bond donors (Lipinski definition) is 1. The summed E-state index contributed by atoms with van der Waals surface area (Å²) in [5.74, 6) is 1.29. The average molecular weight is 292 g/mol. The number of carbonyl (C=O) groups excluding carboxylic acids is 1. The maximum absolute atomic E-state index is 12.4. The van der Waals surface area contributed by atoms with E-state index in [1.54, 1.807) is 6.07 Å². The van der Waals surface area contributed by atoms with Crippen LogP contribution in [0.2, 0.25) is 0 Å². The van der Waals surface area contributed by atoms with Crippen molar-refractivity contribution >= 4 is 5.91 Å².